The first-order valence-electron chi connectivity index (χ1n) is 16.0. The van der Waals surface area contributed by atoms with E-state index >= 15 is 0 Å². The van der Waals surface area contributed by atoms with Gasteiger partial charge < -0.3 is 20.1 Å². The van der Waals surface area contributed by atoms with Crippen LogP contribution in [0, 0.1) is 0 Å². The molecule has 0 saturated heterocycles. The summed E-state index contributed by atoms with van der Waals surface area (Å²) in [4.78, 5) is 43.0. The highest BCUT2D eigenvalue weighted by Crippen LogP contribution is 2.33. The zero-order valence-electron chi connectivity index (χ0n) is 28.5. The van der Waals surface area contributed by atoms with Crippen LogP contribution >= 0.6 is 11.8 Å². The first-order valence-corrected chi connectivity index (χ1v) is 17.1. The van der Waals surface area contributed by atoms with Crippen molar-refractivity contribution in [3.63, 3.8) is 0 Å². The second kappa shape index (κ2) is 16.7. The van der Waals surface area contributed by atoms with E-state index in [0.717, 1.165) is 17.7 Å². The lowest BCUT2D eigenvalue weighted by Crippen LogP contribution is -2.24. The van der Waals surface area contributed by atoms with Gasteiger partial charge in [0.25, 0.3) is 11.8 Å². The summed E-state index contributed by atoms with van der Waals surface area (Å²) < 4.78 is 50.7. The summed E-state index contributed by atoms with van der Waals surface area (Å²) in [6.07, 6.45) is -2.89. The standard InChI is InChI=1S/C38H40F3N3O5S/c1-24(2)48-30-12-13-32(44-36(47)27-10-6-9-26(18-27)23-50-17-15-34(45)49-37(3,4)5)31(21-30)33-20-28(14-16-42-33)35(46)43-22-25-8-7-11-29(19-25)38(39,40)41/h6-14,16,18-21,24H,15,17,22-23H2,1-5H3,(H,43,46)(H,44,47). The molecule has 1 aromatic heterocycles. The lowest BCUT2D eigenvalue weighted by Gasteiger charge is -2.19. The van der Waals surface area contributed by atoms with E-state index in [4.69, 9.17) is 9.47 Å². The van der Waals surface area contributed by atoms with E-state index in [1.54, 1.807) is 54.2 Å². The minimum Gasteiger partial charge on any atom is -0.491 e. The minimum absolute atomic E-state index is 0.110. The van der Waals surface area contributed by atoms with Gasteiger partial charge in [0.1, 0.15) is 11.4 Å². The van der Waals surface area contributed by atoms with Crippen molar-refractivity contribution < 1.29 is 37.0 Å². The lowest BCUT2D eigenvalue weighted by molar-refractivity contribution is -0.154. The Morgan fingerprint density at radius 3 is 2.30 bits per heavy atom. The Morgan fingerprint density at radius 1 is 0.860 bits per heavy atom. The Balaban J connectivity index is 1.49. The fraction of sp³-hybridized carbons (Fsp3) is 0.316. The molecule has 3 aromatic carbocycles. The van der Waals surface area contributed by atoms with Crippen LogP contribution in [0.15, 0.2) is 85.1 Å². The average molecular weight is 708 g/mol. The van der Waals surface area contributed by atoms with Gasteiger partial charge in [-0.05, 0) is 100 Å². The Bertz CT molecular complexity index is 1820. The largest absolute Gasteiger partial charge is 0.491 e. The summed E-state index contributed by atoms with van der Waals surface area (Å²) in [5.41, 5.74) is 1.84. The summed E-state index contributed by atoms with van der Waals surface area (Å²) in [5, 5.41) is 5.62. The number of hydrogen-bond acceptors (Lipinski definition) is 7. The first kappa shape index (κ1) is 38.0. The van der Waals surface area contributed by atoms with Crippen LogP contribution in [0.5, 0.6) is 5.75 Å². The summed E-state index contributed by atoms with van der Waals surface area (Å²) in [5.74, 6) is 0.582. The summed E-state index contributed by atoms with van der Waals surface area (Å²) in [7, 11) is 0. The number of carbonyl (C=O) groups excluding carboxylic acids is 3. The number of carbonyl (C=O) groups is 3. The molecule has 12 heteroatoms. The van der Waals surface area contributed by atoms with Gasteiger partial charge in [-0.3, -0.25) is 19.4 Å². The zero-order chi connectivity index (χ0) is 36.5. The number of nitrogens with one attached hydrogen (secondary N) is 2. The highest BCUT2D eigenvalue weighted by atomic mass is 32.2. The Labute approximate surface area is 294 Å². The number of benzene rings is 3. The average Bonchev–Trinajstić information content (AvgIpc) is 3.05. The number of alkyl halides is 3. The molecule has 4 rings (SSSR count). The molecular weight excluding hydrogens is 667 g/mol. The molecule has 0 aliphatic carbocycles. The number of anilines is 1. The van der Waals surface area contributed by atoms with E-state index in [1.165, 1.54) is 24.4 Å². The molecule has 0 spiro atoms. The number of esters is 1. The third kappa shape index (κ3) is 11.6. The number of ether oxygens (including phenoxy) is 2. The third-order valence-corrected chi connectivity index (χ3v) is 7.98. The number of aromatic nitrogens is 1. The number of thioether (sulfide) groups is 1. The van der Waals surface area contributed by atoms with Crippen molar-refractivity contribution in [3.05, 3.63) is 113 Å². The predicted molar refractivity (Wildman–Crippen MR) is 189 cm³/mol. The maximum Gasteiger partial charge on any atom is 0.416 e. The monoisotopic (exact) mass is 707 g/mol. The van der Waals surface area contributed by atoms with Gasteiger partial charge in [0.15, 0.2) is 0 Å². The number of amides is 2. The fourth-order valence-electron chi connectivity index (χ4n) is 4.79. The molecule has 0 atom stereocenters. The van der Waals surface area contributed by atoms with Crippen LogP contribution in [-0.4, -0.2) is 40.2 Å². The molecule has 0 radical (unpaired) electrons. The molecule has 2 N–H and O–H groups in total. The minimum atomic E-state index is -4.49. The maximum atomic E-state index is 13.5. The van der Waals surface area contributed by atoms with Crippen LogP contribution in [0.4, 0.5) is 18.9 Å². The molecule has 264 valence electrons. The van der Waals surface area contributed by atoms with Crippen molar-refractivity contribution in [1.29, 1.82) is 0 Å². The van der Waals surface area contributed by atoms with Crippen LogP contribution in [0.1, 0.15) is 78.4 Å². The second-order valence-electron chi connectivity index (χ2n) is 12.7. The molecule has 8 nitrogen and oxygen atoms in total. The number of rotatable bonds is 13. The van der Waals surface area contributed by atoms with Crippen LogP contribution in [0.3, 0.4) is 0 Å². The molecule has 0 fully saturated rings. The molecule has 2 amide bonds. The van der Waals surface area contributed by atoms with E-state index < -0.39 is 23.2 Å². The van der Waals surface area contributed by atoms with Gasteiger partial charge in [-0.25, -0.2) is 0 Å². The van der Waals surface area contributed by atoms with Crippen LogP contribution in [0.2, 0.25) is 0 Å². The first-order chi connectivity index (χ1) is 23.6. The van der Waals surface area contributed by atoms with Gasteiger partial charge in [0, 0.05) is 40.9 Å². The molecule has 0 aliphatic heterocycles. The van der Waals surface area contributed by atoms with Crippen LogP contribution < -0.4 is 15.4 Å². The number of halogens is 3. The molecule has 0 bridgehead atoms. The van der Waals surface area contributed by atoms with Crippen LogP contribution in [-0.2, 0) is 28.0 Å². The highest BCUT2D eigenvalue weighted by molar-refractivity contribution is 7.98. The molecule has 0 aliphatic rings. The summed E-state index contributed by atoms with van der Waals surface area (Å²) in [6, 6.07) is 20.1. The van der Waals surface area contributed by atoms with E-state index in [0.29, 0.717) is 45.3 Å². The van der Waals surface area contributed by atoms with Gasteiger partial charge in [0.2, 0.25) is 0 Å². The van der Waals surface area contributed by atoms with Crippen molar-refractivity contribution in [2.75, 3.05) is 11.1 Å². The summed E-state index contributed by atoms with van der Waals surface area (Å²) in [6.45, 7) is 9.14. The second-order valence-corrected chi connectivity index (χ2v) is 13.8. The van der Waals surface area contributed by atoms with Gasteiger partial charge in [-0.1, -0.05) is 24.3 Å². The highest BCUT2D eigenvalue weighted by Gasteiger charge is 2.30. The SMILES string of the molecule is CC(C)Oc1ccc(NC(=O)c2cccc(CSCCC(=O)OC(C)(C)C)c2)c(-c2cc(C(=O)NCc3cccc(C(F)(F)F)c3)ccn2)c1. The molecular formula is C38H40F3N3O5S. The zero-order valence-corrected chi connectivity index (χ0v) is 29.3. The Kier molecular flexibility index (Phi) is 12.7. The topological polar surface area (TPSA) is 107 Å². The third-order valence-electron chi connectivity index (χ3n) is 6.94. The van der Waals surface area contributed by atoms with Crippen LogP contribution in [0.25, 0.3) is 11.3 Å². The fourth-order valence-corrected chi connectivity index (χ4v) is 5.66. The van der Waals surface area contributed by atoms with Gasteiger partial charge in [-0.2, -0.15) is 24.9 Å². The van der Waals surface area contributed by atoms with Gasteiger partial charge in [0.05, 0.1) is 29.5 Å². The normalized spacial score (nSPS) is 11.6. The number of hydrogen-bond donors (Lipinski definition) is 2. The molecule has 0 saturated carbocycles. The van der Waals surface area contributed by atoms with Gasteiger partial charge >= 0.3 is 12.1 Å². The van der Waals surface area contributed by atoms with Crippen molar-refractivity contribution in [2.24, 2.45) is 0 Å². The van der Waals surface area contributed by atoms with Crippen molar-refractivity contribution >= 4 is 35.2 Å². The van der Waals surface area contributed by atoms with E-state index in [2.05, 4.69) is 15.6 Å². The predicted octanol–water partition coefficient (Wildman–Crippen LogP) is 8.70. The molecule has 0 unspecified atom stereocenters. The van der Waals surface area contributed by atoms with Crippen molar-refractivity contribution in [3.8, 4) is 17.0 Å². The Hall–Kier alpha value is -4.84. The maximum absolute atomic E-state index is 13.5. The Morgan fingerprint density at radius 2 is 1.58 bits per heavy atom. The lowest BCUT2D eigenvalue weighted by atomic mass is 10.0. The quantitative estimate of drug-likeness (QED) is 0.106. The van der Waals surface area contributed by atoms with Crippen molar-refractivity contribution in [1.82, 2.24) is 10.3 Å². The molecule has 4 aromatic rings. The number of pyridine rings is 1. The van der Waals surface area contributed by atoms with E-state index in [-0.39, 0.29) is 36.5 Å². The smallest absolute Gasteiger partial charge is 0.416 e. The molecule has 50 heavy (non-hydrogen) atoms. The van der Waals surface area contributed by atoms with E-state index in [9.17, 15) is 27.6 Å². The molecule has 1 heterocycles. The van der Waals surface area contributed by atoms with E-state index in [1.807, 2.05) is 40.7 Å². The van der Waals surface area contributed by atoms with Crippen molar-refractivity contribution in [2.45, 2.75) is 71.2 Å². The van der Waals surface area contributed by atoms with Gasteiger partial charge in [-0.15, -0.1) is 0 Å². The summed E-state index contributed by atoms with van der Waals surface area (Å²) >= 11 is 1.57. The number of nitrogens with zero attached hydrogens (tertiary/aromatic N) is 1.